The van der Waals surface area contributed by atoms with Crippen LogP contribution in [0.3, 0.4) is 0 Å². The molecule has 34 heavy (non-hydrogen) atoms. The van der Waals surface area contributed by atoms with Gasteiger partial charge in [-0.2, -0.15) is 0 Å². The monoisotopic (exact) mass is 469 g/mol. The number of para-hydroxylation sites is 1. The fraction of sp³-hybridized carbons (Fsp3) is 0.679. The minimum absolute atomic E-state index is 0.443. The maximum Gasteiger partial charge on any atom is 0.145 e. The highest BCUT2D eigenvalue weighted by Gasteiger charge is 2.24. The molecule has 0 radical (unpaired) electrons. The van der Waals surface area contributed by atoms with Gasteiger partial charge in [-0.15, -0.1) is 0 Å². The predicted octanol–water partition coefficient (Wildman–Crippen LogP) is 5.18. The number of hydrogen-bond acceptors (Lipinski definition) is 6. The van der Waals surface area contributed by atoms with Crippen LogP contribution in [0.25, 0.3) is 10.9 Å². The van der Waals surface area contributed by atoms with E-state index in [9.17, 15) is 0 Å². The van der Waals surface area contributed by atoms with Crippen molar-refractivity contribution in [3.63, 3.8) is 0 Å². The van der Waals surface area contributed by atoms with Gasteiger partial charge in [-0.3, -0.25) is 4.90 Å². The summed E-state index contributed by atoms with van der Waals surface area (Å²) in [5.41, 5.74) is 1.95. The van der Waals surface area contributed by atoms with E-state index in [1.165, 1.54) is 44.9 Å². The predicted molar refractivity (Wildman–Crippen MR) is 138 cm³/mol. The van der Waals surface area contributed by atoms with Gasteiger partial charge in [-0.05, 0) is 64.1 Å². The van der Waals surface area contributed by atoms with Crippen LogP contribution >= 0.6 is 0 Å². The number of rotatable bonds is 11. The van der Waals surface area contributed by atoms with Crippen molar-refractivity contribution in [2.75, 3.05) is 40.0 Å². The summed E-state index contributed by atoms with van der Waals surface area (Å²) in [6.45, 7) is 9.38. The maximum atomic E-state index is 6.40. The molecule has 0 bridgehead atoms. The highest BCUT2D eigenvalue weighted by Crippen LogP contribution is 2.34. The molecule has 4 rings (SSSR count). The summed E-state index contributed by atoms with van der Waals surface area (Å²) in [4.78, 5) is 7.72. The summed E-state index contributed by atoms with van der Waals surface area (Å²) in [5, 5.41) is 4.58. The number of methoxy groups -OCH3 is 1. The molecule has 1 aromatic heterocycles. The fourth-order valence-corrected chi connectivity index (χ4v) is 5.39. The number of nitrogens with one attached hydrogen (secondary N) is 1. The lowest BCUT2D eigenvalue weighted by Gasteiger charge is -2.37. The lowest BCUT2D eigenvalue weighted by Crippen LogP contribution is -2.48. The molecule has 0 amide bonds. The summed E-state index contributed by atoms with van der Waals surface area (Å²) < 4.78 is 17.8. The first-order chi connectivity index (χ1) is 16.7. The zero-order valence-corrected chi connectivity index (χ0v) is 21.4. The Hall–Kier alpha value is -1.89. The first-order valence-electron chi connectivity index (χ1n) is 13.3. The van der Waals surface area contributed by atoms with E-state index in [4.69, 9.17) is 19.2 Å². The van der Waals surface area contributed by atoms with Crippen molar-refractivity contribution in [1.82, 2.24) is 15.2 Å². The van der Waals surface area contributed by atoms with Crippen molar-refractivity contribution in [2.24, 2.45) is 5.92 Å². The van der Waals surface area contributed by atoms with Crippen molar-refractivity contribution in [2.45, 2.75) is 77.4 Å². The van der Waals surface area contributed by atoms with Crippen LogP contribution in [0.2, 0.25) is 0 Å². The molecular weight excluding hydrogens is 426 g/mol. The second-order valence-corrected chi connectivity index (χ2v) is 10.2. The van der Waals surface area contributed by atoms with Crippen LogP contribution < -0.4 is 14.8 Å². The Bertz CT molecular complexity index is 892. The lowest BCUT2D eigenvalue weighted by molar-refractivity contribution is 0.119. The van der Waals surface area contributed by atoms with Crippen molar-refractivity contribution in [1.29, 1.82) is 0 Å². The summed E-state index contributed by atoms with van der Waals surface area (Å²) in [7, 11) is 1.70. The van der Waals surface area contributed by atoms with Crippen LogP contribution in [0.15, 0.2) is 24.3 Å². The average Bonchev–Trinajstić information content (AvgIpc) is 2.87. The quantitative estimate of drug-likeness (QED) is 0.458. The maximum absolute atomic E-state index is 6.40. The molecule has 1 N–H and O–H groups in total. The number of hydrogen-bond donors (Lipinski definition) is 1. The Morgan fingerprint density at radius 2 is 1.88 bits per heavy atom. The van der Waals surface area contributed by atoms with E-state index < -0.39 is 0 Å². The van der Waals surface area contributed by atoms with Gasteiger partial charge in [0.25, 0.3) is 0 Å². The number of benzene rings is 1. The van der Waals surface area contributed by atoms with Gasteiger partial charge in [0.15, 0.2) is 0 Å². The fourth-order valence-electron chi connectivity index (χ4n) is 5.39. The average molecular weight is 470 g/mol. The summed E-state index contributed by atoms with van der Waals surface area (Å²) in [6, 6.07) is 9.30. The molecule has 6 nitrogen and oxygen atoms in total. The molecular formula is C28H43N3O3. The number of aromatic nitrogens is 1. The summed E-state index contributed by atoms with van der Waals surface area (Å²) >= 11 is 0. The van der Waals surface area contributed by atoms with Crippen LogP contribution in [-0.2, 0) is 11.3 Å². The van der Waals surface area contributed by atoms with Crippen LogP contribution in [-0.4, -0.2) is 62.0 Å². The van der Waals surface area contributed by atoms with E-state index in [-0.39, 0.29) is 0 Å². The third-order valence-electron chi connectivity index (χ3n) is 7.31. The van der Waals surface area contributed by atoms with Crippen molar-refractivity contribution < 1.29 is 14.2 Å². The number of piperidine rings is 1. The molecule has 1 aromatic carbocycles. The topological polar surface area (TPSA) is 55.9 Å². The Kier molecular flexibility index (Phi) is 9.42. The van der Waals surface area contributed by atoms with Crippen LogP contribution in [0.4, 0.5) is 0 Å². The van der Waals surface area contributed by atoms with E-state index >= 15 is 0 Å². The normalized spacial score (nSPS) is 19.7. The van der Waals surface area contributed by atoms with Gasteiger partial charge >= 0.3 is 0 Å². The Morgan fingerprint density at radius 3 is 2.62 bits per heavy atom. The summed E-state index contributed by atoms with van der Waals surface area (Å²) in [5.74, 6) is 2.39. The molecule has 0 spiro atoms. The molecule has 2 aromatic rings. The zero-order valence-electron chi connectivity index (χ0n) is 21.4. The van der Waals surface area contributed by atoms with Crippen LogP contribution in [0, 0.1) is 5.92 Å². The standard InChI is InChI=1S/C28H43N3O3/c1-21(2)31(24-11-8-14-29-18-24)19-23-17-27(33-16-15-32-3)25-12-7-13-26(28(25)30-23)34-20-22-9-5-4-6-10-22/h7,12-13,17,21-22,24,29H,4-6,8-11,14-16,18-20H2,1-3H3. The van der Waals surface area contributed by atoms with E-state index in [0.717, 1.165) is 54.3 Å². The molecule has 1 saturated carbocycles. The third kappa shape index (κ3) is 6.61. The molecule has 1 aliphatic heterocycles. The van der Waals surface area contributed by atoms with Crippen LogP contribution in [0.1, 0.15) is 64.5 Å². The molecule has 188 valence electrons. The number of pyridine rings is 1. The van der Waals surface area contributed by atoms with Gasteiger partial charge in [-0.25, -0.2) is 4.98 Å². The Balaban J connectivity index is 1.61. The largest absolute Gasteiger partial charge is 0.491 e. The summed E-state index contributed by atoms with van der Waals surface area (Å²) in [6.07, 6.45) is 9.01. The molecule has 2 fully saturated rings. The second kappa shape index (κ2) is 12.7. The van der Waals surface area contributed by atoms with E-state index in [1.54, 1.807) is 7.11 Å². The van der Waals surface area contributed by atoms with Gasteiger partial charge in [0.2, 0.25) is 0 Å². The van der Waals surface area contributed by atoms with E-state index in [0.29, 0.717) is 31.2 Å². The van der Waals surface area contributed by atoms with Crippen LogP contribution in [0.5, 0.6) is 11.5 Å². The Morgan fingerprint density at radius 1 is 1.03 bits per heavy atom. The van der Waals surface area contributed by atoms with E-state index in [2.05, 4.69) is 48.3 Å². The first-order valence-corrected chi connectivity index (χ1v) is 13.3. The minimum atomic E-state index is 0.443. The number of ether oxygens (including phenoxy) is 3. The molecule has 2 aliphatic rings. The smallest absolute Gasteiger partial charge is 0.145 e. The zero-order chi connectivity index (χ0) is 23.8. The highest BCUT2D eigenvalue weighted by molar-refractivity contribution is 5.90. The molecule has 1 saturated heterocycles. The van der Waals surface area contributed by atoms with Gasteiger partial charge in [0.05, 0.1) is 18.9 Å². The van der Waals surface area contributed by atoms with Crippen molar-refractivity contribution in [3.05, 3.63) is 30.0 Å². The second-order valence-electron chi connectivity index (χ2n) is 10.2. The van der Waals surface area contributed by atoms with Gasteiger partial charge < -0.3 is 19.5 Å². The number of fused-ring (bicyclic) bond motifs is 1. The minimum Gasteiger partial charge on any atom is -0.491 e. The molecule has 1 unspecified atom stereocenters. The van der Waals surface area contributed by atoms with Crippen molar-refractivity contribution >= 4 is 10.9 Å². The first kappa shape index (κ1) is 25.2. The molecule has 1 aliphatic carbocycles. The van der Waals surface area contributed by atoms with Crippen molar-refractivity contribution in [3.8, 4) is 11.5 Å². The van der Waals surface area contributed by atoms with Gasteiger partial charge in [0, 0.05) is 43.7 Å². The molecule has 2 heterocycles. The van der Waals surface area contributed by atoms with E-state index in [1.807, 2.05) is 0 Å². The molecule has 1 atom stereocenters. The molecule has 6 heteroatoms. The SMILES string of the molecule is COCCOc1cc(CN(C(C)C)C2CCCNC2)nc2c(OCC3CCCCC3)cccc12. The number of nitrogens with zero attached hydrogens (tertiary/aromatic N) is 2. The van der Waals surface area contributed by atoms with Gasteiger partial charge in [0.1, 0.15) is 23.6 Å². The Labute approximate surface area is 205 Å². The lowest BCUT2D eigenvalue weighted by atomic mass is 9.90. The van der Waals surface area contributed by atoms with Gasteiger partial charge in [-0.1, -0.05) is 25.3 Å². The highest BCUT2D eigenvalue weighted by atomic mass is 16.5. The third-order valence-corrected chi connectivity index (χ3v) is 7.31.